The number of aryl methyl sites for hydroxylation is 1. The van der Waals surface area contributed by atoms with Gasteiger partial charge in [0.2, 0.25) is 5.91 Å². The average Bonchev–Trinajstić information content (AvgIpc) is 2.61. The monoisotopic (exact) mass is 349 g/mol. The predicted octanol–water partition coefficient (Wildman–Crippen LogP) is 3.89. The Labute approximate surface area is 146 Å². The van der Waals surface area contributed by atoms with E-state index in [-0.39, 0.29) is 11.7 Å². The summed E-state index contributed by atoms with van der Waals surface area (Å²) in [6.07, 6.45) is 1.01. The van der Waals surface area contributed by atoms with Gasteiger partial charge in [-0.2, -0.15) is 8.78 Å². The number of halogens is 2. The Morgan fingerprint density at radius 2 is 1.80 bits per heavy atom. The molecule has 0 aliphatic heterocycles. The van der Waals surface area contributed by atoms with Crippen LogP contribution in [0.5, 0.6) is 11.5 Å². The van der Waals surface area contributed by atoms with Gasteiger partial charge in [-0.25, -0.2) is 0 Å². The molecule has 0 N–H and O–H groups in total. The van der Waals surface area contributed by atoms with E-state index in [0.717, 1.165) is 16.9 Å². The lowest BCUT2D eigenvalue weighted by atomic mass is 10.1. The first-order valence-corrected chi connectivity index (χ1v) is 7.88. The summed E-state index contributed by atoms with van der Waals surface area (Å²) in [4.78, 5) is 13.9. The highest BCUT2D eigenvalue weighted by atomic mass is 19.3. The van der Waals surface area contributed by atoms with Gasteiger partial charge in [-0.15, -0.1) is 0 Å². The maximum absolute atomic E-state index is 12.3. The SMILES string of the molecule is COc1cccc(CCC(=O)N(C)Cc2ccc(OC(F)F)cc2)c1. The zero-order chi connectivity index (χ0) is 18.2. The number of hydrogen-bond acceptors (Lipinski definition) is 3. The van der Waals surface area contributed by atoms with Gasteiger partial charge in [0.25, 0.3) is 0 Å². The van der Waals surface area contributed by atoms with Crippen LogP contribution in [0.2, 0.25) is 0 Å². The largest absolute Gasteiger partial charge is 0.497 e. The third-order valence-corrected chi connectivity index (χ3v) is 3.76. The van der Waals surface area contributed by atoms with Gasteiger partial charge in [-0.3, -0.25) is 4.79 Å². The fourth-order valence-electron chi connectivity index (χ4n) is 2.41. The van der Waals surface area contributed by atoms with Crippen molar-refractivity contribution in [2.24, 2.45) is 0 Å². The molecule has 0 bridgehead atoms. The van der Waals surface area contributed by atoms with Crippen molar-refractivity contribution >= 4 is 5.91 Å². The summed E-state index contributed by atoms with van der Waals surface area (Å²) in [5, 5.41) is 0. The molecule has 0 radical (unpaired) electrons. The van der Waals surface area contributed by atoms with Crippen LogP contribution in [0.1, 0.15) is 17.5 Å². The first kappa shape index (κ1) is 18.7. The Morgan fingerprint density at radius 3 is 2.44 bits per heavy atom. The highest BCUT2D eigenvalue weighted by Crippen LogP contribution is 2.17. The lowest BCUT2D eigenvalue weighted by Gasteiger charge is -2.17. The van der Waals surface area contributed by atoms with Gasteiger partial charge < -0.3 is 14.4 Å². The molecule has 134 valence electrons. The highest BCUT2D eigenvalue weighted by Gasteiger charge is 2.10. The first-order valence-electron chi connectivity index (χ1n) is 7.88. The fourth-order valence-corrected chi connectivity index (χ4v) is 2.41. The number of methoxy groups -OCH3 is 1. The van der Waals surface area contributed by atoms with E-state index >= 15 is 0 Å². The summed E-state index contributed by atoms with van der Waals surface area (Å²) in [5.74, 6) is 0.880. The molecule has 0 atom stereocenters. The van der Waals surface area contributed by atoms with E-state index in [0.29, 0.717) is 19.4 Å². The Bertz CT molecular complexity index is 689. The molecule has 0 heterocycles. The number of ether oxygens (including phenoxy) is 2. The Balaban J connectivity index is 1.85. The van der Waals surface area contributed by atoms with Gasteiger partial charge in [-0.1, -0.05) is 24.3 Å². The molecular weight excluding hydrogens is 328 g/mol. The maximum atomic E-state index is 12.3. The smallest absolute Gasteiger partial charge is 0.387 e. The molecule has 4 nitrogen and oxygen atoms in total. The second kappa shape index (κ2) is 9.01. The van der Waals surface area contributed by atoms with Crippen LogP contribution in [0.15, 0.2) is 48.5 Å². The van der Waals surface area contributed by atoms with Crippen molar-refractivity contribution in [2.45, 2.75) is 26.0 Å². The molecule has 0 aromatic heterocycles. The second-order valence-electron chi connectivity index (χ2n) is 5.62. The van der Waals surface area contributed by atoms with Gasteiger partial charge in [0.05, 0.1) is 7.11 Å². The van der Waals surface area contributed by atoms with Crippen LogP contribution in [0, 0.1) is 0 Å². The summed E-state index contributed by atoms with van der Waals surface area (Å²) >= 11 is 0. The van der Waals surface area contributed by atoms with E-state index in [1.165, 1.54) is 12.1 Å². The van der Waals surface area contributed by atoms with E-state index in [4.69, 9.17) is 4.74 Å². The van der Waals surface area contributed by atoms with Crippen LogP contribution >= 0.6 is 0 Å². The normalized spacial score (nSPS) is 10.6. The number of nitrogens with zero attached hydrogens (tertiary/aromatic N) is 1. The third kappa shape index (κ3) is 6.06. The fraction of sp³-hybridized carbons (Fsp3) is 0.316. The number of alkyl halides is 2. The molecule has 2 aromatic rings. The van der Waals surface area contributed by atoms with Crippen molar-refractivity contribution in [1.82, 2.24) is 4.90 Å². The van der Waals surface area contributed by atoms with Crippen molar-refractivity contribution < 1.29 is 23.0 Å². The van der Waals surface area contributed by atoms with Gasteiger partial charge in [0.15, 0.2) is 0 Å². The molecule has 2 aromatic carbocycles. The molecule has 0 aliphatic carbocycles. The van der Waals surface area contributed by atoms with Crippen molar-refractivity contribution in [3.63, 3.8) is 0 Å². The van der Waals surface area contributed by atoms with Gasteiger partial charge in [-0.05, 0) is 41.8 Å². The minimum atomic E-state index is -2.84. The minimum absolute atomic E-state index is 0.00993. The standard InChI is InChI=1S/C19H21F2NO3/c1-22(13-15-6-9-16(10-7-15)25-19(20)21)18(23)11-8-14-4-3-5-17(12-14)24-2/h3-7,9-10,12,19H,8,11,13H2,1-2H3. The summed E-state index contributed by atoms with van der Waals surface area (Å²) in [6.45, 7) is -2.43. The van der Waals surface area contributed by atoms with Crippen LogP contribution in [0.25, 0.3) is 0 Å². The predicted molar refractivity (Wildman–Crippen MR) is 90.9 cm³/mol. The van der Waals surface area contributed by atoms with Crippen LogP contribution in [-0.2, 0) is 17.8 Å². The number of rotatable bonds is 8. The Morgan fingerprint density at radius 1 is 1.08 bits per heavy atom. The van der Waals surface area contributed by atoms with Crippen LogP contribution in [0.4, 0.5) is 8.78 Å². The molecule has 0 saturated carbocycles. The van der Waals surface area contributed by atoms with Crippen LogP contribution in [0.3, 0.4) is 0 Å². The highest BCUT2D eigenvalue weighted by molar-refractivity contribution is 5.76. The molecule has 0 fully saturated rings. The van der Waals surface area contributed by atoms with Gasteiger partial charge in [0, 0.05) is 20.0 Å². The number of hydrogen-bond donors (Lipinski definition) is 0. The van der Waals surface area contributed by atoms with Crippen molar-refractivity contribution in [2.75, 3.05) is 14.2 Å². The molecule has 25 heavy (non-hydrogen) atoms. The third-order valence-electron chi connectivity index (χ3n) is 3.76. The molecule has 1 amide bonds. The number of amides is 1. The molecule has 6 heteroatoms. The van der Waals surface area contributed by atoms with Crippen molar-refractivity contribution in [3.05, 3.63) is 59.7 Å². The summed E-state index contributed by atoms with van der Waals surface area (Å²) in [5.41, 5.74) is 1.88. The topological polar surface area (TPSA) is 38.8 Å². The van der Waals surface area contributed by atoms with Gasteiger partial charge >= 0.3 is 6.61 Å². The summed E-state index contributed by atoms with van der Waals surface area (Å²) in [6, 6.07) is 13.9. The summed E-state index contributed by atoms with van der Waals surface area (Å²) < 4.78 is 33.7. The molecule has 0 unspecified atom stereocenters. The van der Waals surface area contributed by atoms with Crippen LogP contribution < -0.4 is 9.47 Å². The van der Waals surface area contributed by atoms with Gasteiger partial charge in [0.1, 0.15) is 11.5 Å². The number of carbonyl (C=O) groups excluding carboxylic acids is 1. The molecule has 0 saturated heterocycles. The second-order valence-corrected chi connectivity index (χ2v) is 5.62. The van der Waals surface area contributed by atoms with E-state index < -0.39 is 6.61 Å². The van der Waals surface area contributed by atoms with Crippen molar-refractivity contribution in [1.29, 1.82) is 0 Å². The molecule has 2 rings (SSSR count). The lowest BCUT2D eigenvalue weighted by molar-refractivity contribution is -0.130. The van der Waals surface area contributed by atoms with Crippen molar-refractivity contribution in [3.8, 4) is 11.5 Å². The van der Waals surface area contributed by atoms with E-state index in [2.05, 4.69) is 4.74 Å². The lowest BCUT2D eigenvalue weighted by Crippen LogP contribution is -2.26. The van der Waals surface area contributed by atoms with E-state index in [1.54, 1.807) is 31.2 Å². The van der Waals surface area contributed by atoms with E-state index in [1.807, 2.05) is 24.3 Å². The Hall–Kier alpha value is -2.63. The molecule has 0 aliphatic rings. The quantitative estimate of drug-likeness (QED) is 0.726. The Kier molecular flexibility index (Phi) is 6.74. The molecule has 0 spiro atoms. The number of benzene rings is 2. The zero-order valence-electron chi connectivity index (χ0n) is 14.2. The summed E-state index contributed by atoms with van der Waals surface area (Å²) in [7, 11) is 3.33. The van der Waals surface area contributed by atoms with Crippen LogP contribution in [-0.4, -0.2) is 31.6 Å². The maximum Gasteiger partial charge on any atom is 0.387 e. The first-order chi connectivity index (χ1) is 12.0. The van der Waals surface area contributed by atoms with E-state index in [9.17, 15) is 13.6 Å². The number of carbonyl (C=O) groups is 1. The average molecular weight is 349 g/mol. The molecular formula is C19H21F2NO3. The minimum Gasteiger partial charge on any atom is -0.497 e. The zero-order valence-corrected chi connectivity index (χ0v) is 14.2.